The fourth-order valence-corrected chi connectivity index (χ4v) is 2.43. The molecule has 0 amide bonds. The summed E-state index contributed by atoms with van der Waals surface area (Å²) in [7, 11) is 2.15. The van der Waals surface area contributed by atoms with Crippen LogP contribution < -0.4 is 0 Å². The average Bonchev–Trinajstić information content (AvgIpc) is 2.78. The van der Waals surface area contributed by atoms with E-state index in [2.05, 4.69) is 29.3 Å². The summed E-state index contributed by atoms with van der Waals surface area (Å²) in [6.45, 7) is 4.99. The Labute approximate surface area is 107 Å². The van der Waals surface area contributed by atoms with E-state index in [4.69, 9.17) is 4.84 Å². The van der Waals surface area contributed by atoms with Crippen molar-refractivity contribution in [3.8, 4) is 0 Å². The van der Waals surface area contributed by atoms with Crippen molar-refractivity contribution in [2.75, 3.05) is 26.7 Å². The lowest BCUT2D eigenvalue weighted by molar-refractivity contribution is 0.0137. The molecule has 0 saturated heterocycles. The minimum Gasteiger partial charge on any atom is -0.401 e. The molecule has 0 fully saturated rings. The standard InChI is InChI=1S/C12H19N3OS/c1-3-4-8-16-15-10-12(13-17-15)11-6-5-7-14(2)9-11/h4,6,8H,3,5,7,9-10H2,1-2H3. The predicted molar refractivity (Wildman–Crippen MR) is 72.4 cm³/mol. The summed E-state index contributed by atoms with van der Waals surface area (Å²) in [5, 5.41) is 0. The molecule has 2 aliphatic rings. The zero-order valence-corrected chi connectivity index (χ0v) is 11.2. The number of nitrogens with zero attached hydrogens (tertiary/aromatic N) is 3. The van der Waals surface area contributed by atoms with Crippen molar-refractivity contribution in [1.29, 1.82) is 0 Å². The Morgan fingerprint density at radius 2 is 2.41 bits per heavy atom. The highest BCUT2D eigenvalue weighted by molar-refractivity contribution is 7.96. The fourth-order valence-electron chi connectivity index (χ4n) is 1.80. The van der Waals surface area contributed by atoms with E-state index in [0.29, 0.717) is 0 Å². The molecule has 0 radical (unpaired) electrons. The van der Waals surface area contributed by atoms with Gasteiger partial charge in [-0.25, -0.2) is 4.40 Å². The summed E-state index contributed by atoms with van der Waals surface area (Å²) in [4.78, 5) is 7.77. The zero-order chi connectivity index (χ0) is 12.1. The van der Waals surface area contributed by atoms with Gasteiger partial charge >= 0.3 is 0 Å². The maximum absolute atomic E-state index is 5.45. The normalized spacial score (nSPS) is 22.9. The second kappa shape index (κ2) is 6.23. The van der Waals surface area contributed by atoms with E-state index < -0.39 is 0 Å². The Morgan fingerprint density at radius 1 is 1.53 bits per heavy atom. The topological polar surface area (TPSA) is 28.1 Å². The van der Waals surface area contributed by atoms with Gasteiger partial charge in [0, 0.05) is 13.1 Å². The van der Waals surface area contributed by atoms with Gasteiger partial charge in [-0.15, -0.1) is 0 Å². The van der Waals surface area contributed by atoms with Crippen molar-refractivity contribution in [3.05, 3.63) is 24.0 Å². The van der Waals surface area contributed by atoms with Crippen molar-refractivity contribution >= 4 is 17.8 Å². The maximum atomic E-state index is 5.45. The third-order valence-corrected chi connectivity index (χ3v) is 3.44. The smallest absolute Gasteiger partial charge is 0.108 e. The number of allylic oxidation sites excluding steroid dienone is 1. The molecule has 0 saturated carbocycles. The van der Waals surface area contributed by atoms with E-state index >= 15 is 0 Å². The summed E-state index contributed by atoms with van der Waals surface area (Å²) in [5.74, 6) is 0. The van der Waals surface area contributed by atoms with E-state index in [1.165, 1.54) is 17.7 Å². The van der Waals surface area contributed by atoms with Gasteiger partial charge in [-0.2, -0.15) is 0 Å². The molecule has 0 aliphatic carbocycles. The molecular formula is C12H19N3OS. The summed E-state index contributed by atoms with van der Waals surface area (Å²) in [6, 6.07) is 0. The van der Waals surface area contributed by atoms with Gasteiger partial charge in [0.1, 0.15) is 6.26 Å². The molecule has 4 nitrogen and oxygen atoms in total. The lowest BCUT2D eigenvalue weighted by atomic mass is 10.1. The fraction of sp³-hybridized carbons (Fsp3) is 0.583. The number of hydrogen-bond acceptors (Lipinski definition) is 5. The van der Waals surface area contributed by atoms with Gasteiger partial charge in [0.15, 0.2) is 0 Å². The molecule has 0 N–H and O–H groups in total. The molecule has 0 aromatic rings. The molecule has 2 rings (SSSR count). The van der Waals surface area contributed by atoms with Crippen LogP contribution >= 0.6 is 12.1 Å². The van der Waals surface area contributed by atoms with E-state index in [1.54, 1.807) is 10.7 Å². The van der Waals surface area contributed by atoms with Crippen LogP contribution in [-0.4, -0.2) is 41.8 Å². The Bertz CT molecular complexity index is 352. The maximum Gasteiger partial charge on any atom is 0.108 e. The molecule has 0 aromatic carbocycles. The van der Waals surface area contributed by atoms with Crippen molar-refractivity contribution in [1.82, 2.24) is 9.37 Å². The Morgan fingerprint density at radius 3 is 3.18 bits per heavy atom. The van der Waals surface area contributed by atoms with Gasteiger partial charge in [-0.05, 0) is 31.5 Å². The Balaban J connectivity index is 1.84. The van der Waals surface area contributed by atoms with E-state index in [1.807, 2.05) is 6.08 Å². The first-order valence-electron chi connectivity index (χ1n) is 6.01. The number of likely N-dealkylation sites (N-methyl/N-ethyl adjacent to an activating group) is 1. The van der Waals surface area contributed by atoms with Crippen LogP contribution in [0.4, 0.5) is 0 Å². The molecule has 2 aliphatic heterocycles. The Kier molecular flexibility index (Phi) is 4.65. The second-order valence-corrected chi connectivity index (χ2v) is 5.00. The van der Waals surface area contributed by atoms with Crippen LogP contribution in [0, 0.1) is 0 Å². The predicted octanol–water partition coefficient (Wildman–Crippen LogP) is 2.42. The number of rotatable bonds is 4. The number of hydrogen-bond donors (Lipinski definition) is 0. The summed E-state index contributed by atoms with van der Waals surface area (Å²) in [5.41, 5.74) is 2.49. The summed E-state index contributed by atoms with van der Waals surface area (Å²) >= 11 is 1.38. The van der Waals surface area contributed by atoms with E-state index in [0.717, 1.165) is 38.2 Å². The molecule has 0 spiro atoms. The van der Waals surface area contributed by atoms with Gasteiger partial charge in [0.25, 0.3) is 0 Å². The Hall–Kier alpha value is -0.780. The summed E-state index contributed by atoms with van der Waals surface area (Å²) in [6.07, 6.45) is 8.12. The van der Waals surface area contributed by atoms with Crippen LogP contribution in [-0.2, 0) is 4.84 Å². The SMILES string of the molecule is CCC=CON1CC(C2=CCCN(C)C2)=NS1. The largest absolute Gasteiger partial charge is 0.401 e. The molecule has 0 aromatic heterocycles. The quantitative estimate of drug-likeness (QED) is 0.568. The highest BCUT2D eigenvalue weighted by Crippen LogP contribution is 2.24. The van der Waals surface area contributed by atoms with Gasteiger partial charge in [-0.3, -0.25) is 0 Å². The van der Waals surface area contributed by atoms with Gasteiger partial charge in [0.2, 0.25) is 0 Å². The highest BCUT2D eigenvalue weighted by Gasteiger charge is 2.22. The molecule has 94 valence electrons. The van der Waals surface area contributed by atoms with Crippen LogP contribution in [0.15, 0.2) is 28.4 Å². The van der Waals surface area contributed by atoms with E-state index in [-0.39, 0.29) is 0 Å². The third-order valence-electron chi connectivity index (χ3n) is 2.74. The molecule has 2 heterocycles. The average molecular weight is 253 g/mol. The lowest BCUT2D eigenvalue weighted by Crippen LogP contribution is -2.30. The van der Waals surface area contributed by atoms with Crippen molar-refractivity contribution in [3.63, 3.8) is 0 Å². The first kappa shape index (κ1) is 12.7. The van der Waals surface area contributed by atoms with Crippen molar-refractivity contribution < 1.29 is 4.84 Å². The monoisotopic (exact) mass is 253 g/mol. The van der Waals surface area contributed by atoms with Gasteiger partial charge in [-0.1, -0.05) is 17.5 Å². The first-order chi connectivity index (χ1) is 8.29. The highest BCUT2D eigenvalue weighted by atomic mass is 32.2. The van der Waals surface area contributed by atoms with Gasteiger partial charge < -0.3 is 9.74 Å². The molecule has 0 unspecified atom stereocenters. The van der Waals surface area contributed by atoms with Crippen molar-refractivity contribution in [2.24, 2.45) is 4.40 Å². The minimum absolute atomic E-state index is 0.762. The van der Waals surface area contributed by atoms with Crippen LogP contribution in [0.5, 0.6) is 0 Å². The lowest BCUT2D eigenvalue weighted by Gasteiger charge is -2.22. The molecule has 5 heteroatoms. The van der Waals surface area contributed by atoms with Crippen LogP contribution in [0.1, 0.15) is 19.8 Å². The van der Waals surface area contributed by atoms with Crippen LogP contribution in [0.2, 0.25) is 0 Å². The molecule has 17 heavy (non-hydrogen) atoms. The zero-order valence-electron chi connectivity index (χ0n) is 10.4. The van der Waals surface area contributed by atoms with E-state index in [9.17, 15) is 0 Å². The van der Waals surface area contributed by atoms with Gasteiger partial charge in [0.05, 0.1) is 24.4 Å². The molecule has 0 bridgehead atoms. The first-order valence-corrected chi connectivity index (χ1v) is 6.74. The molecule has 0 atom stereocenters. The number of hydroxylamine groups is 1. The van der Waals surface area contributed by atoms with Crippen LogP contribution in [0.25, 0.3) is 0 Å². The molecular weight excluding hydrogens is 234 g/mol. The third kappa shape index (κ3) is 3.59. The minimum atomic E-state index is 0.762. The second-order valence-electron chi connectivity index (χ2n) is 4.25. The van der Waals surface area contributed by atoms with Crippen molar-refractivity contribution in [2.45, 2.75) is 19.8 Å². The van der Waals surface area contributed by atoms with Crippen LogP contribution in [0.3, 0.4) is 0 Å². The summed E-state index contributed by atoms with van der Waals surface area (Å²) < 4.78 is 6.26.